The maximum Gasteiger partial charge on any atom is 0.225 e. The minimum Gasteiger partial charge on any atom is -0.490 e. The number of rotatable bonds is 2. The average Bonchev–Trinajstić information content (AvgIpc) is 3.16. The van der Waals surface area contributed by atoms with Gasteiger partial charge in [0.1, 0.15) is 23.7 Å². The summed E-state index contributed by atoms with van der Waals surface area (Å²) in [5.74, 6) is 1.89. The van der Waals surface area contributed by atoms with Crippen molar-refractivity contribution in [1.82, 2.24) is 15.3 Å². The third-order valence-corrected chi connectivity index (χ3v) is 7.76. The molecule has 7 nitrogen and oxygen atoms in total. The van der Waals surface area contributed by atoms with Crippen molar-refractivity contribution in [2.45, 2.75) is 57.7 Å². The van der Waals surface area contributed by atoms with Crippen LogP contribution in [0.1, 0.15) is 45.6 Å². The van der Waals surface area contributed by atoms with Crippen molar-refractivity contribution in [2.75, 3.05) is 5.75 Å². The number of hydrogen-bond acceptors (Lipinski definition) is 7. The SMILES string of the molecule is CC(C)(C)C(=O)N[C@H]1CC[C@@H]2Oc3ccc(-c4cncnc4)cc3C3(CSC(N)=N3)[C@H]2C1. The quantitative estimate of drug-likeness (QED) is 0.725. The second-order valence-electron chi connectivity index (χ2n) is 10.00. The number of carbonyl (C=O) groups is 1. The molecule has 0 radical (unpaired) electrons. The molecule has 1 unspecified atom stereocenters. The van der Waals surface area contributed by atoms with Crippen LogP contribution in [-0.4, -0.2) is 38.9 Å². The summed E-state index contributed by atoms with van der Waals surface area (Å²) in [7, 11) is 0. The lowest BCUT2D eigenvalue weighted by atomic mass is 9.67. The fourth-order valence-corrected chi connectivity index (χ4v) is 6.08. The standard InChI is InChI=1S/C24H29N5O2S/c1-23(2,3)21(30)28-16-5-7-20-18(9-16)24(12-32-22(25)29-24)17-8-14(4-6-19(17)31-20)15-10-26-13-27-11-15/h4,6,8,10-11,13,16,18,20H,5,7,9,12H2,1-3H3,(H2,25,29)(H,28,30)/t16-,18-,20-,24?/m0/s1. The number of aromatic nitrogens is 2. The van der Waals surface area contributed by atoms with Crippen LogP contribution in [-0.2, 0) is 10.3 Å². The van der Waals surface area contributed by atoms with Gasteiger partial charge in [0.15, 0.2) is 5.17 Å². The summed E-state index contributed by atoms with van der Waals surface area (Å²) in [5.41, 5.74) is 8.41. The minimum absolute atomic E-state index is 0.0615. The third-order valence-electron chi connectivity index (χ3n) is 6.78. The Balaban J connectivity index is 1.52. The summed E-state index contributed by atoms with van der Waals surface area (Å²) in [6.07, 6.45) is 7.83. The van der Waals surface area contributed by atoms with E-state index in [1.165, 1.54) is 6.33 Å². The molecule has 2 aromatic rings. The van der Waals surface area contributed by atoms with Crippen molar-refractivity contribution in [2.24, 2.45) is 22.1 Å². The smallest absolute Gasteiger partial charge is 0.225 e. The maximum atomic E-state index is 12.7. The topological polar surface area (TPSA) is 102 Å². The fourth-order valence-electron chi connectivity index (χ4n) is 5.05. The van der Waals surface area contributed by atoms with Crippen molar-refractivity contribution in [1.29, 1.82) is 0 Å². The Morgan fingerprint density at radius 3 is 2.69 bits per heavy atom. The lowest BCUT2D eigenvalue weighted by Gasteiger charge is -2.49. The van der Waals surface area contributed by atoms with Gasteiger partial charge in [-0.05, 0) is 37.0 Å². The molecule has 32 heavy (non-hydrogen) atoms. The van der Waals surface area contributed by atoms with E-state index in [0.29, 0.717) is 5.17 Å². The van der Waals surface area contributed by atoms with Crippen LogP contribution in [0, 0.1) is 11.3 Å². The molecule has 1 saturated carbocycles. The molecular formula is C24H29N5O2S. The largest absolute Gasteiger partial charge is 0.490 e. The molecule has 1 fully saturated rings. The number of amides is 1. The van der Waals surface area contributed by atoms with Crippen molar-refractivity contribution in [3.8, 4) is 16.9 Å². The Hall–Kier alpha value is -2.61. The van der Waals surface area contributed by atoms with Crippen LogP contribution < -0.4 is 15.8 Å². The highest BCUT2D eigenvalue weighted by molar-refractivity contribution is 8.14. The second kappa shape index (κ2) is 7.76. The van der Waals surface area contributed by atoms with E-state index in [1.807, 2.05) is 39.2 Å². The molecule has 1 aromatic carbocycles. The number of nitrogens with one attached hydrogen (secondary N) is 1. The van der Waals surface area contributed by atoms with Gasteiger partial charge >= 0.3 is 0 Å². The zero-order chi connectivity index (χ0) is 22.5. The highest BCUT2D eigenvalue weighted by atomic mass is 32.2. The molecule has 3 aliphatic rings. The lowest BCUT2D eigenvalue weighted by Crippen LogP contribution is -2.55. The van der Waals surface area contributed by atoms with Crippen molar-refractivity contribution < 1.29 is 9.53 Å². The number of hydrogen-bond donors (Lipinski definition) is 2. The Morgan fingerprint density at radius 1 is 1.22 bits per heavy atom. The number of nitrogens with zero attached hydrogens (tertiary/aromatic N) is 3. The van der Waals surface area contributed by atoms with E-state index in [1.54, 1.807) is 11.8 Å². The molecule has 3 heterocycles. The summed E-state index contributed by atoms with van der Waals surface area (Å²) >= 11 is 1.60. The minimum atomic E-state index is -0.455. The molecule has 5 rings (SSSR count). The molecule has 1 amide bonds. The molecule has 168 valence electrons. The first-order valence-electron chi connectivity index (χ1n) is 11.1. The van der Waals surface area contributed by atoms with Crippen molar-refractivity contribution in [3.63, 3.8) is 0 Å². The molecule has 2 aliphatic heterocycles. The van der Waals surface area contributed by atoms with Crippen LogP contribution in [0.3, 0.4) is 0 Å². The van der Waals surface area contributed by atoms with Crippen LogP contribution in [0.5, 0.6) is 5.75 Å². The zero-order valence-corrected chi connectivity index (χ0v) is 19.5. The summed E-state index contributed by atoms with van der Waals surface area (Å²) in [4.78, 5) is 26.0. The van der Waals surface area contributed by atoms with E-state index in [4.69, 9.17) is 15.5 Å². The van der Waals surface area contributed by atoms with Gasteiger partial charge in [-0.1, -0.05) is 38.6 Å². The molecule has 1 spiro atoms. The normalized spacial score (nSPS) is 29.0. The van der Waals surface area contributed by atoms with Gasteiger partial charge in [0.2, 0.25) is 5.91 Å². The summed E-state index contributed by atoms with van der Waals surface area (Å²) < 4.78 is 6.51. The van der Waals surface area contributed by atoms with Crippen LogP contribution in [0.4, 0.5) is 0 Å². The highest BCUT2D eigenvalue weighted by Gasteiger charge is 2.54. The number of ether oxygens (including phenoxy) is 1. The number of benzene rings is 1. The number of carbonyl (C=O) groups excluding carboxylic acids is 1. The predicted octanol–water partition coefficient (Wildman–Crippen LogP) is 3.49. The van der Waals surface area contributed by atoms with Gasteiger partial charge in [0.05, 0.1) is 0 Å². The van der Waals surface area contributed by atoms with Gasteiger partial charge in [0, 0.05) is 46.6 Å². The van der Waals surface area contributed by atoms with Crippen molar-refractivity contribution in [3.05, 3.63) is 42.5 Å². The van der Waals surface area contributed by atoms with Crippen LogP contribution in [0.15, 0.2) is 41.9 Å². The fraction of sp³-hybridized carbons (Fsp3) is 0.500. The molecule has 0 saturated heterocycles. The number of nitrogens with two attached hydrogens (primary N) is 1. The second-order valence-corrected chi connectivity index (χ2v) is 11.0. The van der Waals surface area contributed by atoms with Crippen LogP contribution in [0.2, 0.25) is 0 Å². The lowest BCUT2D eigenvalue weighted by molar-refractivity contribution is -0.130. The van der Waals surface area contributed by atoms with E-state index < -0.39 is 11.0 Å². The van der Waals surface area contributed by atoms with Crippen LogP contribution in [0.25, 0.3) is 11.1 Å². The van der Waals surface area contributed by atoms with Gasteiger partial charge in [-0.3, -0.25) is 4.79 Å². The predicted molar refractivity (Wildman–Crippen MR) is 126 cm³/mol. The average molecular weight is 452 g/mol. The van der Waals surface area contributed by atoms with E-state index in [2.05, 4.69) is 27.4 Å². The highest BCUT2D eigenvalue weighted by Crippen LogP contribution is 2.54. The van der Waals surface area contributed by atoms with E-state index in [0.717, 1.165) is 47.5 Å². The van der Waals surface area contributed by atoms with Gasteiger partial charge in [0.25, 0.3) is 0 Å². The number of aliphatic imine (C=N–C) groups is 1. The van der Waals surface area contributed by atoms with Crippen LogP contribution >= 0.6 is 11.8 Å². The Morgan fingerprint density at radius 2 is 2.00 bits per heavy atom. The molecule has 0 bridgehead atoms. The maximum absolute atomic E-state index is 12.7. The first kappa shape index (κ1) is 21.2. The van der Waals surface area contributed by atoms with E-state index in [9.17, 15) is 4.79 Å². The molecule has 3 N–H and O–H groups in total. The summed E-state index contributed by atoms with van der Waals surface area (Å²) in [6.45, 7) is 5.84. The number of thioether (sulfide) groups is 1. The first-order valence-corrected chi connectivity index (χ1v) is 12.1. The van der Waals surface area contributed by atoms with E-state index in [-0.39, 0.29) is 24.0 Å². The Labute approximate surface area is 192 Å². The van der Waals surface area contributed by atoms with E-state index >= 15 is 0 Å². The summed E-state index contributed by atoms with van der Waals surface area (Å²) in [6, 6.07) is 6.36. The monoisotopic (exact) mass is 451 g/mol. The molecule has 1 aromatic heterocycles. The van der Waals surface area contributed by atoms with Gasteiger partial charge in [-0.15, -0.1) is 0 Å². The molecular weight excluding hydrogens is 422 g/mol. The molecule has 4 atom stereocenters. The summed E-state index contributed by atoms with van der Waals surface area (Å²) in [5, 5.41) is 3.89. The van der Waals surface area contributed by atoms with Gasteiger partial charge in [-0.25, -0.2) is 15.0 Å². The molecule has 1 aliphatic carbocycles. The Kier molecular flexibility index (Phi) is 5.15. The van der Waals surface area contributed by atoms with Gasteiger partial charge in [-0.2, -0.15) is 0 Å². The zero-order valence-electron chi connectivity index (χ0n) is 18.7. The molecule has 8 heteroatoms. The van der Waals surface area contributed by atoms with Crippen molar-refractivity contribution >= 4 is 22.8 Å². The third kappa shape index (κ3) is 3.64. The Bertz CT molecular complexity index is 1070. The number of fused-ring (bicyclic) bond motifs is 4. The first-order chi connectivity index (χ1) is 15.3. The number of amidine groups is 1. The van der Waals surface area contributed by atoms with Gasteiger partial charge < -0.3 is 15.8 Å².